The van der Waals surface area contributed by atoms with Crippen LogP contribution in [-0.4, -0.2) is 34.7 Å². The molecule has 0 aliphatic carbocycles. The van der Waals surface area contributed by atoms with E-state index in [1.54, 1.807) is 0 Å². The van der Waals surface area contributed by atoms with E-state index in [-0.39, 0.29) is 0 Å². The third-order valence-electron chi connectivity index (χ3n) is 1.16. The summed E-state index contributed by atoms with van der Waals surface area (Å²) in [5.41, 5.74) is 0. The van der Waals surface area contributed by atoms with E-state index in [9.17, 15) is 0 Å². The maximum atomic E-state index is 5.90. The highest BCUT2D eigenvalue weighted by molar-refractivity contribution is 6.83. The van der Waals surface area contributed by atoms with Crippen LogP contribution >= 0.6 is 0 Å². The molecule has 16 heavy (non-hydrogen) atoms. The summed E-state index contributed by atoms with van der Waals surface area (Å²) in [5.74, 6) is 0. The van der Waals surface area contributed by atoms with Crippen LogP contribution in [-0.2, 0) is 8.23 Å². The van der Waals surface area contributed by atoms with Gasteiger partial charge >= 0.3 is 0 Å². The van der Waals surface area contributed by atoms with E-state index in [2.05, 4.69) is 65.5 Å². The fourth-order valence-corrected chi connectivity index (χ4v) is 13.2. The van der Waals surface area contributed by atoms with Gasteiger partial charge in [-0.25, -0.2) is 0 Å². The largest absolute Gasteiger partial charge is 0.461 e. The molecule has 0 aliphatic heterocycles. The Balaban J connectivity index is 0. The van der Waals surface area contributed by atoms with Crippen LogP contribution in [0.1, 0.15) is 0 Å². The first kappa shape index (κ1) is 19.1. The maximum Gasteiger partial charge on any atom is 0.170 e. The zero-order valence-electron chi connectivity index (χ0n) is 13.0. The lowest BCUT2D eigenvalue weighted by Crippen LogP contribution is -2.39. The third kappa shape index (κ3) is 24.2. The van der Waals surface area contributed by atoms with Crippen LogP contribution in [0.4, 0.5) is 0 Å². The summed E-state index contributed by atoms with van der Waals surface area (Å²) in [7, 11) is -3.80. The number of rotatable bonds is 4. The lowest BCUT2D eigenvalue weighted by Gasteiger charge is -2.27. The topological polar surface area (TPSA) is 18.5 Å². The molecule has 0 bridgehead atoms. The highest BCUT2D eigenvalue weighted by Gasteiger charge is 2.24. The molecule has 0 unspecified atom stereocenters. The first-order chi connectivity index (χ1) is 6.83. The molecule has 0 N–H and O–H groups in total. The zero-order chi connectivity index (χ0) is 13.6. The Labute approximate surface area is 108 Å². The smallest absolute Gasteiger partial charge is 0.170 e. The molecule has 0 rings (SSSR count). The fourth-order valence-electron chi connectivity index (χ4n) is 1.46. The molecule has 0 aliphatic rings. The van der Waals surface area contributed by atoms with Gasteiger partial charge < -0.3 is 8.23 Å². The van der Waals surface area contributed by atoms with E-state index in [1.807, 2.05) is 0 Å². The summed E-state index contributed by atoms with van der Waals surface area (Å²) in [6.45, 7) is 22.3. The Morgan fingerprint density at radius 2 is 0.875 bits per heavy atom. The Morgan fingerprint density at radius 3 is 0.875 bits per heavy atom. The van der Waals surface area contributed by atoms with Crippen LogP contribution in [0.15, 0.2) is 0 Å². The van der Waals surface area contributed by atoms with Crippen molar-refractivity contribution >= 4 is 34.7 Å². The molecule has 0 aromatic carbocycles. The Kier molecular flexibility index (Phi) is 9.55. The summed E-state index contributed by atoms with van der Waals surface area (Å²) in [6.07, 6.45) is 0. The lowest BCUT2D eigenvalue weighted by atomic mass is 11.8. The second-order valence-corrected chi connectivity index (χ2v) is 21.1. The molecule has 0 spiro atoms. The van der Waals surface area contributed by atoms with Crippen LogP contribution in [0.25, 0.3) is 0 Å². The molecule has 100 valence electrons. The molecule has 0 aromatic heterocycles. The van der Waals surface area contributed by atoms with Crippen LogP contribution in [0.2, 0.25) is 65.5 Å². The molecule has 0 atom stereocenters. The van der Waals surface area contributed by atoms with E-state index >= 15 is 0 Å². The van der Waals surface area contributed by atoms with E-state index in [0.717, 1.165) is 0 Å². The molecule has 0 saturated heterocycles. The highest BCUT2D eigenvalue weighted by Crippen LogP contribution is 2.12. The molecule has 0 fully saturated rings. The molecule has 0 heterocycles. The zero-order valence-corrected chi connectivity index (χ0v) is 17.3. The summed E-state index contributed by atoms with van der Waals surface area (Å²) in [4.78, 5) is 0. The SMILES string of the molecule is C[SiH](C)O[SiH](C)C.C[Si](C)(C)O[Si](C)(C)C. The van der Waals surface area contributed by atoms with Crippen molar-refractivity contribution in [1.29, 1.82) is 0 Å². The predicted molar refractivity (Wildman–Crippen MR) is 86.6 cm³/mol. The Morgan fingerprint density at radius 1 is 0.625 bits per heavy atom. The van der Waals surface area contributed by atoms with Gasteiger partial charge in [0.15, 0.2) is 34.7 Å². The monoisotopic (exact) mass is 296 g/mol. The molecule has 0 amide bonds. The van der Waals surface area contributed by atoms with Gasteiger partial charge in [0.25, 0.3) is 0 Å². The normalized spacial score (nSPS) is 12.8. The van der Waals surface area contributed by atoms with Gasteiger partial charge in [-0.15, -0.1) is 0 Å². The maximum absolute atomic E-state index is 5.90. The van der Waals surface area contributed by atoms with E-state index in [1.165, 1.54) is 0 Å². The minimum Gasteiger partial charge on any atom is -0.461 e. The average Bonchev–Trinajstić information content (AvgIpc) is 1.72. The van der Waals surface area contributed by atoms with Gasteiger partial charge in [0.05, 0.1) is 0 Å². The minimum atomic E-state index is -1.23. The van der Waals surface area contributed by atoms with Crippen molar-refractivity contribution in [3.63, 3.8) is 0 Å². The summed E-state index contributed by atoms with van der Waals surface area (Å²) < 4.78 is 11.4. The van der Waals surface area contributed by atoms with Crippen molar-refractivity contribution < 1.29 is 8.23 Å². The summed E-state index contributed by atoms with van der Waals surface area (Å²) in [6, 6.07) is 0. The average molecular weight is 297 g/mol. The molecular formula is C10H32O2Si4. The van der Waals surface area contributed by atoms with E-state index < -0.39 is 34.7 Å². The van der Waals surface area contributed by atoms with Crippen molar-refractivity contribution in [3.8, 4) is 0 Å². The van der Waals surface area contributed by atoms with Crippen LogP contribution in [0.3, 0.4) is 0 Å². The van der Waals surface area contributed by atoms with Gasteiger partial charge in [-0.05, 0) is 65.5 Å². The van der Waals surface area contributed by atoms with Crippen molar-refractivity contribution in [2.45, 2.75) is 65.5 Å². The van der Waals surface area contributed by atoms with E-state index in [0.29, 0.717) is 0 Å². The van der Waals surface area contributed by atoms with E-state index in [4.69, 9.17) is 8.23 Å². The van der Waals surface area contributed by atoms with Gasteiger partial charge in [-0.1, -0.05) is 0 Å². The van der Waals surface area contributed by atoms with Crippen LogP contribution in [0.5, 0.6) is 0 Å². The van der Waals surface area contributed by atoms with Crippen LogP contribution in [0, 0.1) is 0 Å². The van der Waals surface area contributed by atoms with Gasteiger partial charge in [-0.2, -0.15) is 0 Å². The van der Waals surface area contributed by atoms with Crippen molar-refractivity contribution in [1.82, 2.24) is 0 Å². The first-order valence-corrected chi connectivity index (χ1v) is 18.6. The predicted octanol–water partition coefficient (Wildman–Crippen LogP) is 3.64. The highest BCUT2D eigenvalue weighted by atomic mass is 28.4. The first-order valence-electron chi connectivity index (χ1n) is 6.19. The lowest BCUT2D eigenvalue weighted by molar-refractivity contribution is 0.559. The van der Waals surface area contributed by atoms with Crippen LogP contribution < -0.4 is 0 Å². The summed E-state index contributed by atoms with van der Waals surface area (Å²) in [5, 5.41) is 0. The molecular weight excluding hydrogens is 264 g/mol. The van der Waals surface area contributed by atoms with Gasteiger partial charge in [0.1, 0.15) is 0 Å². The van der Waals surface area contributed by atoms with Crippen molar-refractivity contribution in [2.24, 2.45) is 0 Å². The number of hydrogen-bond donors (Lipinski definition) is 0. The quantitative estimate of drug-likeness (QED) is 0.737. The van der Waals surface area contributed by atoms with Gasteiger partial charge in [-0.3, -0.25) is 0 Å². The molecule has 6 heteroatoms. The molecule has 2 nitrogen and oxygen atoms in total. The van der Waals surface area contributed by atoms with Crippen molar-refractivity contribution in [2.75, 3.05) is 0 Å². The molecule has 0 aromatic rings. The standard InChI is InChI=1S/C6H18OSi2.C4H14OSi2/c1-8(2,3)7-9(4,5)6;1-6(2)5-7(3)4/h1-6H3;6-7H,1-4H3. The summed E-state index contributed by atoms with van der Waals surface area (Å²) >= 11 is 0. The van der Waals surface area contributed by atoms with Gasteiger partial charge in [0.2, 0.25) is 0 Å². The minimum absolute atomic E-state index is 0.667. The fraction of sp³-hybridized carbons (Fsp3) is 1.00. The third-order valence-corrected chi connectivity index (χ3v) is 10.4. The Bertz CT molecular complexity index is 153. The molecule has 0 radical (unpaired) electrons. The second kappa shape index (κ2) is 7.99. The van der Waals surface area contributed by atoms with Gasteiger partial charge in [0, 0.05) is 0 Å². The molecule has 0 saturated carbocycles. The number of hydrogen-bond acceptors (Lipinski definition) is 2. The second-order valence-electron chi connectivity index (χ2n) is 6.56. The van der Waals surface area contributed by atoms with Crippen molar-refractivity contribution in [3.05, 3.63) is 0 Å². The Hall–Kier alpha value is 0.788.